The molecule has 1 aliphatic carbocycles. The summed E-state index contributed by atoms with van der Waals surface area (Å²) >= 11 is 8.27. The molecule has 5 rings (SSSR count). The summed E-state index contributed by atoms with van der Waals surface area (Å²) < 4.78 is 0. The zero-order valence-corrected chi connectivity index (χ0v) is 19.1. The lowest BCUT2D eigenvalue weighted by molar-refractivity contribution is 0.377. The lowest BCUT2D eigenvalue weighted by atomic mass is 9.94. The molecule has 160 valence electrons. The number of nitrogens with zero attached hydrogens (tertiary/aromatic N) is 6. The molecule has 1 saturated heterocycles. The average Bonchev–Trinajstić information content (AvgIpc) is 3.10. The Balaban J connectivity index is 1.53. The van der Waals surface area contributed by atoms with Gasteiger partial charge in [0.1, 0.15) is 11.3 Å². The number of anilines is 1. The fourth-order valence-electron chi connectivity index (χ4n) is 4.13. The molecule has 0 bridgehead atoms. The van der Waals surface area contributed by atoms with Crippen LogP contribution in [0.3, 0.4) is 0 Å². The molecule has 0 spiro atoms. The summed E-state index contributed by atoms with van der Waals surface area (Å²) in [5, 5.41) is 1.49. The van der Waals surface area contributed by atoms with Gasteiger partial charge in [-0.05, 0) is 42.2 Å². The Kier molecular flexibility index (Phi) is 5.54. The number of hydrogen-bond donors (Lipinski definition) is 1. The van der Waals surface area contributed by atoms with Crippen LogP contribution in [-0.4, -0.2) is 44.1 Å². The van der Waals surface area contributed by atoms with E-state index >= 15 is 0 Å². The molecule has 31 heavy (non-hydrogen) atoms. The molecule has 7 nitrogen and oxygen atoms in total. The highest BCUT2D eigenvalue weighted by atomic mass is 35.5. The molecule has 2 aliphatic rings. The number of rotatable bonds is 4. The summed E-state index contributed by atoms with van der Waals surface area (Å²) in [7, 11) is 0. The first-order valence-electron chi connectivity index (χ1n) is 10.6. The number of halogens is 1. The molecule has 1 aliphatic heterocycles. The highest BCUT2D eigenvalue weighted by Crippen LogP contribution is 2.43. The molecule has 0 amide bonds. The Bertz CT molecular complexity index is 1180. The largest absolute Gasteiger partial charge is 0.354 e. The topological polar surface area (TPSA) is 93.7 Å². The van der Waals surface area contributed by atoms with Gasteiger partial charge in [-0.3, -0.25) is 4.98 Å². The van der Waals surface area contributed by atoms with E-state index in [2.05, 4.69) is 33.7 Å². The van der Waals surface area contributed by atoms with Crippen LogP contribution in [0.2, 0.25) is 0 Å². The SMILES string of the molecule is CCC1=C(Cl)c2c(nc(Sc3cnc4nccnc4c3)nc2N2CC[C@@H](C)[C@@H](N)C2)C1. The third-order valence-corrected chi connectivity index (χ3v) is 7.39. The summed E-state index contributed by atoms with van der Waals surface area (Å²) in [6.07, 6.45) is 7.82. The van der Waals surface area contributed by atoms with Gasteiger partial charge in [0.25, 0.3) is 0 Å². The van der Waals surface area contributed by atoms with Gasteiger partial charge in [-0.15, -0.1) is 0 Å². The smallest absolute Gasteiger partial charge is 0.194 e. The number of hydrogen-bond acceptors (Lipinski definition) is 8. The van der Waals surface area contributed by atoms with Gasteiger partial charge in [0.05, 0.1) is 16.3 Å². The zero-order valence-electron chi connectivity index (χ0n) is 17.5. The van der Waals surface area contributed by atoms with E-state index in [0.717, 1.165) is 64.9 Å². The summed E-state index contributed by atoms with van der Waals surface area (Å²) in [4.78, 5) is 26.0. The number of aromatic nitrogens is 5. The molecule has 3 aromatic rings. The van der Waals surface area contributed by atoms with Crippen molar-refractivity contribution in [2.45, 2.75) is 49.2 Å². The minimum atomic E-state index is 0.119. The van der Waals surface area contributed by atoms with E-state index in [4.69, 9.17) is 27.3 Å². The van der Waals surface area contributed by atoms with Crippen LogP contribution in [0.1, 0.15) is 37.9 Å². The average molecular weight is 454 g/mol. The first-order valence-corrected chi connectivity index (χ1v) is 11.8. The lowest BCUT2D eigenvalue weighted by Gasteiger charge is -2.36. The number of piperidine rings is 1. The van der Waals surface area contributed by atoms with E-state index in [0.29, 0.717) is 16.7 Å². The van der Waals surface area contributed by atoms with Crippen LogP contribution in [0.5, 0.6) is 0 Å². The maximum atomic E-state index is 6.79. The van der Waals surface area contributed by atoms with Gasteiger partial charge < -0.3 is 10.6 Å². The van der Waals surface area contributed by atoms with Gasteiger partial charge in [0.15, 0.2) is 10.8 Å². The maximum absolute atomic E-state index is 6.79. The number of nitrogens with two attached hydrogens (primary N) is 1. The predicted octanol–water partition coefficient (Wildman–Crippen LogP) is 4.06. The fourth-order valence-corrected chi connectivity index (χ4v) is 5.30. The van der Waals surface area contributed by atoms with Crippen LogP contribution in [0.15, 0.2) is 40.3 Å². The van der Waals surface area contributed by atoms with Crippen molar-refractivity contribution >= 4 is 45.4 Å². The summed E-state index contributed by atoms with van der Waals surface area (Å²) in [6.45, 7) is 6.03. The third-order valence-electron chi connectivity index (χ3n) is 6.11. The van der Waals surface area contributed by atoms with Gasteiger partial charge >= 0.3 is 0 Å². The summed E-state index contributed by atoms with van der Waals surface area (Å²) in [6, 6.07) is 2.09. The first kappa shape index (κ1) is 20.6. The molecule has 3 aromatic heterocycles. The van der Waals surface area contributed by atoms with E-state index in [1.54, 1.807) is 18.6 Å². The summed E-state index contributed by atoms with van der Waals surface area (Å²) in [5.41, 5.74) is 11.0. The second-order valence-corrected chi connectivity index (χ2v) is 9.57. The van der Waals surface area contributed by atoms with E-state index in [-0.39, 0.29) is 6.04 Å². The van der Waals surface area contributed by atoms with Gasteiger partial charge in [0, 0.05) is 49.0 Å². The minimum absolute atomic E-state index is 0.119. The lowest BCUT2D eigenvalue weighted by Crippen LogP contribution is -2.48. The van der Waals surface area contributed by atoms with Gasteiger partial charge in [-0.1, -0.05) is 25.4 Å². The number of pyridine rings is 1. The van der Waals surface area contributed by atoms with Crippen LogP contribution in [0.25, 0.3) is 16.2 Å². The Morgan fingerprint density at radius 2 is 2.06 bits per heavy atom. The fraction of sp³-hybridized carbons (Fsp3) is 0.409. The molecular formula is C22H24ClN7S. The molecule has 0 saturated carbocycles. The maximum Gasteiger partial charge on any atom is 0.194 e. The van der Waals surface area contributed by atoms with Crippen LogP contribution >= 0.6 is 23.4 Å². The highest BCUT2D eigenvalue weighted by molar-refractivity contribution is 7.99. The van der Waals surface area contributed by atoms with Crippen LogP contribution in [-0.2, 0) is 6.42 Å². The Labute approximate surface area is 190 Å². The van der Waals surface area contributed by atoms with E-state index < -0.39 is 0 Å². The molecule has 4 heterocycles. The molecule has 1 fully saturated rings. The zero-order chi connectivity index (χ0) is 21.5. The van der Waals surface area contributed by atoms with Crippen molar-refractivity contribution in [3.63, 3.8) is 0 Å². The normalized spacial score (nSPS) is 21.1. The minimum Gasteiger partial charge on any atom is -0.354 e. The summed E-state index contributed by atoms with van der Waals surface area (Å²) in [5.74, 6) is 1.40. The monoisotopic (exact) mass is 453 g/mol. The molecule has 0 unspecified atom stereocenters. The van der Waals surface area contributed by atoms with Crippen molar-refractivity contribution in [1.29, 1.82) is 0 Å². The Morgan fingerprint density at radius 1 is 1.23 bits per heavy atom. The second kappa shape index (κ2) is 8.33. The van der Waals surface area contributed by atoms with E-state index in [9.17, 15) is 0 Å². The molecule has 0 aromatic carbocycles. The van der Waals surface area contributed by atoms with Crippen LogP contribution in [0, 0.1) is 5.92 Å². The Morgan fingerprint density at radius 3 is 2.87 bits per heavy atom. The van der Waals surface area contributed by atoms with Crippen molar-refractivity contribution in [2.75, 3.05) is 18.0 Å². The quantitative estimate of drug-likeness (QED) is 0.591. The first-order chi connectivity index (χ1) is 15.0. The van der Waals surface area contributed by atoms with Crippen molar-refractivity contribution in [1.82, 2.24) is 24.9 Å². The van der Waals surface area contributed by atoms with Crippen LogP contribution in [0.4, 0.5) is 5.82 Å². The van der Waals surface area contributed by atoms with Crippen LogP contribution < -0.4 is 10.6 Å². The van der Waals surface area contributed by atoms with Gasteiger partial charge in [-0.25, -0.2) is 19.9 Å². The van der Waals surface area contributed by atoms with E-state index in [1.165, 1.54) is 17.3 Å². The predicted molar refractivity (Wildman–Crippen MR) is 124 cm³/mol. The second-order valence-electron chi connectivity index (χ2n) is 8.15. The highest BCUT2D eigenvalue weighted by Gasteiger charge is 2.31. The molecule has 0 radical (unpaired) electrons. The van der Waals surface area contributed by atoms with Crippen molar-refractivity contribution in [2.24, 2.45) is 11.7 Å². The standard InChI is InChI=1S/C22H24ClN7S/c1-3-13-8-16-18(19(13)23)21(30-7-4-12(2)15(24)11-30)29-22(28-16)31-14-9-17-20(27-10-14)26-6-5-25-17/h5-6,9-10,12,15H,3-4,7-8,11,24H2,1-2H3/t12-,15+/m1/s1. The number of fused-ring (bicyclic) bond motifs is 2. The van der Waals surface area contributed by atoms with Gasteiger partial charge in [0.2, 0.25) is 0 Å². The van der Waals surface area contributed by atoms with Gasteiger partial charge in [-0.2, -0.15) is 0 Å². The molecule has 9 heteroatoms. The molecular weight excluding hydrogens is 430 g/mol. The van der Waals surface area contributed by atoms with Crippen molar-refractivity contribution < 1.29 is 0 Å². The molecule has 2 N–H and O–H groups in total. The van der Waals surface area contributed by atoms with Crippen molar-refractivity contribution in [3.05, 3.63) is 41.5 Å². The molecule has 2 atom stereocenters. The number of allylic oxidation sites excluding steroid dienone is 1. The van der Waals surface area contributed by atoms with Crippen molar-refractivity contribution in [3.8, 4) is 0 Å². The Hall–Kier alpha value is -2.29. The van der Waals surface area contributed by atoms with E-state index in [1.807, 2.05) is 6.07 Å². The third kappa shape index (κ3) is 3.88.